The van der Waals surface area contributed by atoms with E-state index >= 15 is 0 Å². The lowest BCUT2D eigenvalue weighted by Gasteiger charge is -2.23. The minimum absolute atomic E-state index is 0.0690. The van der Waals surface area contributed by atoms with E-state index in [-0.39, 0.29) is 12.5 Å². The first-order chi connectivity index (χ1) is 10.0. The molecule has 0 saturated carbocycles. The summed E-state index contributed by atoms with van der Waals surface area (Å²) in [5.41, 5.74) is 6.94. The number of hydrogen-bond acceptors (Lipinski definition) is 3. The van der Waals surface area contributed by atoms with Crippen molar-refractivity contribution in [2.24, 2.45) is 11.1 Å². The Morgan fingerprint density at radius 1 is 1.29 bits per heavy atom. The maximum atomic E-state index is 12.3. The molecule has 2 N–H and O–H groups in total. The molecule has 1 fully saturated rings. The fourth-order valence-electron chi connectivity index (χ4n) is 2.72. The SMILES string of the molecule is CC1(C)CCCN(C(=O)COc2ccccc2CN)CC1. The van der Waals surface area contributed by atoms with Gasteiger partial charge < -0.3 is 15.4 Å². The second-order valence-electron chi connectivity index (χ2n) is 6.50. The van der Waals surface area contributed by atoms with Crippen LogP contribution in [0.5, 0.6) is 5.75 Å². The van der Waals surface area contributed by atoms with Crippen LogP contribution in [-0.4, -0.2) is 30.5 Å². The van der Waals surface area contributed by atoms with Crippen LogP contribution in [0, 0.1) is 5.41 Å². The summed E-state index contributed by atoms with van der Waals surface area (Å²) in [7, 11) is 0. The van der Waals surface area contributed by atoms with E-state index in [1.165, 1.54) is 6.42 Å². The molecule has 1 aromatic carbocycles. The summed E-state index contributed by atoms with van der Waals surface area (Å²) in [6.07, 6.45) is 3.30. The molecule has 0 radical (unpaired) electrons. The average molecular weight is 290 g/mol. The highest BCUT2D eigenvalue weighted by Crippen LogP contribution is 2.29. The number of benzene rings is 1. The summed E-state index contributed by atoms with van der Waals surface area (Å²) < 4.78 is 5.66. The van der Waals surface area contributed by atoms with Gasteiger partial charge in [-0.25, -0.2) is 0 Å². The first-order valence-corrected chi connectivity index (χ1v) is 7.70. The first kappa shape index (κ1) is 15.8. The Labute approximate surface area is 127 Å². The van der Waals surface area contributed by atoms with E-state index in [1.54, 1.807) is 0 Å². The predicted octanol–water partition coefficient (Wildman–Crippen LogP) is 2.56. The van der Waals surface area contributed by atoms with E-state index in [0.717, 1.165) is 31.5 Å². The number of carbonyl (C=O) groups excluding carboxylic acids is 1. The first-order valence-electron chi connectivity index (χ1n) is 7.70. The molecule has 0 atom stereocenters. The van der Waals surface area contributed by atoms with Gasteiger partial charge in [-0.15, -0.1) is 0 Å². The molecule has 0 aliphatic carbocycles. The van der Waals surface area contributed by atoms with E-state index in [4.69, 9.17) is 10.5 Å². The number of nitrogens with zero attached hydrogens (tertiary/aromatic N) is 1. The maximum absolute atomic E-state index is 12.3. The third-order valence-electron chi connectivity index (χ3n) is 4.24. The van der Waals surface area contributed by atoms with Gasteiger partial charge in [0.15, 0.2) is 6.61 Å². The van der Waals surface area contributed by atoms with Gasteiger partial charge in [-0.2, -0.15) is 0 Å². The number of para-hydroxylation sites is 1. The summed E-state index contributed by atoms with van der Waals surface area (Å²) in [5.74, 6) is 0.781. The number of carbonyl (C=O) groups is 1. The van der Waals surface area contributed by atoms with Crippen LogP contribution in [0.4, 0.5) is 0 Å². The molecular formula is C17H26N2O2. The number of ether oxygens (including phenoxy) is 1. The molecule has 21 heavy (non-hydrogen) atoms. The lowest BCUT2D eigenvalue weighted by atomic mass is 9.85. The van der Waals surface area contributed by atoms with Crippen molar-refractivity contribution in [3.8, 4) is 5.75 Å². The lowest BCUT2D eigenvalue weighted by molar-refractivity contribution is -0.133. The van der Waals surface area contributed by atoms with Crippen molar-refractivity contribution in [2.45, 2.75) is 39.7 Å². The van der Waals surface area contributed by atoms with Crippen molar-refractivity contribution in [1.82, 2.24) is 4.90 Å². The minimum atomic E-state index is 0.0690. The van der Waals surface area contributed by atoms with Gasteiger partial charge in [-0.3, -0.25) is 4.79 Å². The Morgan fingerprint density at radius 3 is 2.81 bits per heavy atom. The van der Waals surface area contributed by atoms with Crippen molar-refractivity contribution >= 4 is 5.91 Å². The van der Waals surface area contributed by atoms with Gasteiger partial charge in [0.05, 0.1) is 0 Å². The molecule has 1 aliphatic rings. The van der Waals surface area contributed by atoms with Gasteiger partial charge in [0, 0.05) is 25.2 Å². The fraction of sp³-hybridized carbons (Fsp3) is 0.588. The fourth-order valence-corrected chi connectivity index (χ4v) is 2.72. The highest BCUT2D eigenvalue weighted by Gasteiger charge is 2.25. The lowest BCUT2D eigenvalue weighted by Crippen LogP contribution is -2.36. The van der Waals surface area contributed by atoms with Gasteiger partial charge in [0.2, 0.25) is 0 Å². The zero-order chi connectivity index (χ0) is 15.3. The smallest absolute Gasteiger partial charge is 0.260 e. The van der Waals surface area contributed by atoms with Crippen LogP contribution < -0.4 is 10.5 Å². The quantitative estimate of drug-likeness (QED) is 0.927. The highest BCUT2D eigenvalue weighted by atomic mass is 16.5. The maximum Gasteiger partial charge on any atom is 0.260 e. The summed E-state index contributed by atoms with van der Waals surface area (Å²) in [6.45, 7) is 6.72. The summed E-state index contributed by atoms with van der Waals surface area (Å²) >= 11 is 0. The van der Waals surface area contributed by atoms with Crippen LogP contribution >= 0.6 is 0 Å². The third kappa shape index (κ3) is 4.46. The van der Waals surface area contributed by atoms with Crippen LogP contribution in [0.2, 0.25) is 0 Å². The predicted molar refractivity (Wildman–Crippen MR) is 84.0 cm³/mol. The van der Waals surface area contributed by atoms with E-state index in [1.807, 2.05) is 29.2 Å². The van der Waals surface area contributed by atoms with Crippen molar-refractivity contribution in [3.05, 3.63) is 29.8 Å². The topological polar surface area (TPSA) is 55.6 Å². The summed E-state index contributed by atoms with van der Waals surface area (Å²) in [6, 6.07) is 7.61. The Hall–Kier alpha value is -1.55. The van der Waals surface area contributed by atoms with Gasteiger partial charge >= 0.3 is 0 Å². The Balaban J connectivity index is 1.90. The van der Waals surface area contributed by atoms with Gasteiger partial charge in [-0.05, 0) is 30.7 Å². The largest absolute Gasteiger partial charge is 0.483 e. The number of likely N-dealkylation sites (tertiary alicyclic amines) is 1. The molecule has 0 aromatic heterocycles. The van der Waals surface area contributed by atoms with Crippen LogP contribution in [0.1, 0.15) is 38.7 Å². The third-order valence-corrected chi connectivity index (χ3v) is 4.24. The molecule has 0 spiro atoms. The number of hydrogen-bond donors (Lipinski definition) is 1. The summed E-state index contributed by atoms with van der Waals surface area (Å²) in [4.78, 5) is 14.2. The Bertz CT molecular complexity index is 485. The molecule has 0 bridgehead atoms. The van der Waals surface area contributed by atoms with Gasteiger partial charge in [0.25, 0.3) is 5.91 Å². The number of amides is 1. The second-order valence-corrected chi connectivity index (χ2v) is 6.50. The number of rotatable bonds is 4. The van der Waals surface area contributed by atoms with Crippen LogP contribution in [0.15, 0.2) is 24.3 Å². The number of nitrogens with two attached hydrogens (primary N) is 1. The zero-order valence-corrected chi connectivity index (χ0v) is 13.1. The van der Waals surface area contributed by atoms with Crippen molar-refractivity contribution in [2.75, 3.05) is 19.7 Å². The molecule has 0 unspecified atom stereocenters. The highest BCUT2D eigenvalue weighted by molar-refractivity contribution is 5.77. The van der Waals surface area contributed by atoms with Crippen LogP contribution in [0.25, 0.3) is 0 Å². The standard InChI is InChI=1S/C17H26N2O2/c1-17(2)8-5-10-19(11-9-17)16(20)13-21-15-7-4-3-6-14(15)12-18/h3-4,6-7H,5,8-13,18H2,1-2H3. The molecule has 1 amide bonds. The molecule has 1 aliphatic heterocycles. The molecule has 1 heterocycles. The van der Waals surface area contributed by atoms with E-state index < -0.39 is 0 Å². The zero-order valence-electron chi connectivity index (χ0n) is 13.1. The Morgan fingerprint density at radius 2 is 2.05 bits per heavy atom. The second kappa shape index (κ2) is 6.94. The van der Waals surface area contributed by atoms with Crippen LogP contribution in [0.3, 0.4) is 0 Å². The molecule has 4 nitrogen and oxygen atoms in total. The molecule has 2 rings (SSSR count). The summed E-state index contributed by atoms with van der Waals surface area (Å²) in [5, 5.41) is 0. The molecule has 1 saturated heterocycles. The monoisotopic (exact) mass is 290 g/mol. The Kier molecular flexibility index (Phi) is 5.23. The van der Waals surface area contributed by atoms with E-state index in [2.05, 4.69) is 13.8 Å². The molecule has 4 heteroatoms. The van der Waals surface area contributed by atoms with Gasteiger partial charge in [-0.1, -0.05) is 32.0 Å². The van der Waals surface area contributed by atoms with Crippen LogP contribution in [-0.2, 0) is 11.3 Å². The van der Waals surface area contributed by atoms with E-state index in [9.17, 15) is 4.79 Å². The molecule has 1 aromatic rings. The van der Waals surface area contributed by atoms with Crippen molar-refractivity contribution in [1.29, 1.82) is 0 Å². The average Bonchev–Trinajstić information content (AvgIpc) is 2.66. The van der Waals surface area contributed by atoms with Gasteiger partial charge in [0.1, 0.15) is 5.75 Å². The van der Waals surface area contributed by atoms with Crippen molar-refractivity contribution in [3.63, 3.8) is 0 Å². The normalized spacial score (nSPS) is 18.1. The van der Waals surface area contributed by atoms with Crippen molar-refractivity contribution < 1.29 is 9.53 Å². The molecular weight excluding hydrogens is 264 g/mol. The molecule has 116 valence electrons. The minimum Gasteiger partial charge on any atom is -0.483 e. The van der Waals surface area contributed by atoms with E-state index in [0.29, 0.717) is 17.7 Å².